The van der Waals surface area contributed by atoms with Crippen molar-refractivity contribution >= 4 is 11.8 Å². The smallest absolute Gasteiger partial charge is 0.00719 e. The molecule has 2 nitrogen and oxygen atoms in total. The lowest BCUT2D eigenvalue weighted by Gasteiger charge is -2.37. The second-order valence-electron chi connectivity index (χ2n) is 6.64. The summed E-state index contributed by atoms with van der Waals surface area (Å²) in [6.07, 6.45) is 6.05. The van der Waals surface area contributed by atoms with E-state index in [9.17, 15) is 0 Å². The Morgan fingerprint density at radius 3 is 2.37 bits per heavy atom. The van der Waals surface area contributed by atoms with E-state index in [0.717, 1.165) is 6.54 Å². The summed E-state index contributed by atoms with van der Waals surface area (Å²) >= 11 is 1.95. The zero-order chi connectivity index (χ0) is 14.9. The minimum absolute atomic E-state index is 0.390. The standard InChI is InChI=1S/C16H36N2S/c1-8-10-16(5,12-17-14(2)3)13-18(6)15(4)9-11-19-7/h14-15,17H,8-13H2,1-7H3. The minimum atomic E-state index is 0.390. The van der Waals surface area contributed by atoms with Gasteiger partial charge in [0, 0.05) is 25.2 Å². The van der Waals surface area contributed by atoms with Crippen molar-refractivity contribution in [2.24, 2.45) is 5.41 Å². The Kier molecular flexibility index (Phi) is 10.2. The third kappa shape index (κ3) is 8.93. The van der Waals surface area contributed by atoms with Crippen LogP contribution < -0.4 is 5.32 Å². The quantitative estimate of drug-likeness (QED) is 0.621. The van der Waals surface area contributed by atoms with Gasteiger partial charge in [0.1, 0.15) is 0 Å². The molecule has 2 atom stereocenters. The minimum Gasteiger partial charge on any atom is -0.314 e. The summed E-state index contributed by atoms with van der Waals surface area (Å²) in [5.74, 6) is 1.26. The number of nitrogens with zero attached hydrogens (tertiary/aromatic N) is 1. The molecule has 19 heavy (non-hydrogen) atoms. The van der Waals surface area contributed by atoms with Crippen molar-refractivity contribution in [2.75, 3.05) is 32.1 Å². The number of thioether (sulfide) groups is 1. The van der Waals surface area contributed by atoms with Gasteiger partial charge in [-0.05, 0) is 44.2 Å². The Morgan fingerprint density at radius 2 is 1.89 bits per heavy atom. The van der Waals surface area contributed by atoms with Crippen LogP contribution in [0.25, 0.3) is 0 Å². The van der Waals surface area contributed by atoms with Gasteiger partial charge in [-0.25, -0.2) is 0 Å². The molecule has 0 saturated carbocycles. The molecule has 0 rings (SSSR count). The first-order valence-electron chi connectivity index (χ1n) is 7.77. The first kappa shape index (κ1) is 19.3. The largest absolute Gasteiger partial charge is 0.314 e. The Bertz CT molecular complexity index is 221. The van der Waals surface area contributed by atoms with Crippen molar-refractivity contribution in [2.45, 2.75) is 66.0 Å². The van der Waals surface area contributed by atoms with E-state index in [1.54, 1.807) is 0 Å². The highest BCUT2D eigenvalue weighted by Gasteiger charge is 2.26. The van der Waals surface area contributed by atoms with Crippen LogP contribution in [0.2, 0.25) is 0 Å². The molecular weight excluding hydrogens is 252 g/mol. The second-order valence-corrected chi connectivity index (χ2v) is 7.63. The van der Waals surface area contributed by atoms with Crippen LogP contribution in [0, 0.1) is 5.41 Å². The van der Waals surface area contributed by atoms with E-state index in [4.69, 9.17) is 0 Å². The topological polar surface area (TPSA) is 15.3 Å². The van der Waals surface area contributed by atoms with Crippen molar-refractivity contribution in [1.82, 2.24) is 10.2 Å². The van der Waals surface area contributed by atoms with Gasteiger partial charge in [-0.15, -0.1) is 0 Å². The third-order valence-corrected chi connectivity index (χ3v) is 4.56. The van der Waals surface area contributed by atoms with Gasteiger partial charge in [0.15, 0.2) is 0 Å². The van der Waals surface area contributed by atoms with Crippen LogP contribution in [0.5, 0.6) is 0 Å². The van der Waals surface area contributed by atoms with Crippen molar-refractivity contribution in [3.8, 4) is 0 Å². The number of rotatable bonds is 11. The fraction of sp³-hybridized carbons (Fsp3) is 1.00. The van der Waals surface area contributed by atoms with Crippen LogP contribution >= 0.6 is 11.8 Å². The lowest BCUT2D eigenvalue weighted by atomic mass is 9.84. The molecule has 0 saturated heterocycles. The van der Waals surface area contributed by atoms with Gasteiger partial charge >= 0.3 is 0 Å². The maximum absolute atomic E-state index is 3.63. The molecule has 0 bridgehead atoms. The van der Waals surface area contributed by atoms with Crippen LogP contribution in [-0.4, -0.2) is 49.1 Å². The predicted octanol–water partition coefficient (Wildman–Crippen LogP) is 3.86. The molecule has 0 aromatic rings. The molecule has 0 heterocycles. The van der Waals surface area contributed by atoms with Gasteiger partial charge in [0.25, 0.3) is 0 Å². The third-order valence-electron chi connectivity index (χ3n) is 3.91. The summed E-state index contributed by atoms with van der Waals surface area (Å²) in [7, 11) is 2.29. The van der Waals surface area contributed by atoms with Crippen LogP contribution in [0.1, 0.15) is 53.9 Å². The molecule has 2 unspecified atom stereocenters. The highest BCUT2D eigenvalue weighted by atomic mass is 32.2. The zero-order valence-electron chi connectivity index (χ0n) is 14.3. The van der Waals surface area contributed by atoms with Gasteiger partial charge in [-0.1, -0.05) is 34.1 Å². The van der Waals surface area contributed by atoms with Gasteiger partial charge in [-0.3, -0.25) is 0 Å². The summed E-state index contributed by atoms with van der Waals surface area (Å²) < 4.78 is 0. The molecule has 1 N–H and O–H groups in total. The summed E-state index contributed by atoms with van der Waals surface area (Å²) in [5, 5.41) is 3.63. The van der Waals surface area contributed by atoms with Crippen LogP contribution in [0.4, 0.5) is 0 Å². The van der Waals surface area contributed by atoms with E-state index in [0.29, 0.717) is 17.5 Å². The molecule has 0 aliphatic heterocycles. The van der Waals surface area contributed by atoms with E-state index >= 15 is 0 Å². The Hall–Kier alpha value is 0.270. The van der Waals surface area contributed by atoms with Gasteiger partial charge in [0.2, 0.25) is 0 Å². The predicted molar refractivity (Wildman–Crippen MR) is 91.2 cm³/mol. The van der Waals surface area contributed by atoms with Crippen molar-refractivity contribution in [3.63, 3.8) is 0 Å². The first-order valence-corrected chi connectivity index (χ1v) is 9.16. The molecule has 0 radical (unpaired) electrons. The number of hydrogen-bond donors (Lipinski definition) is 1. The van der Waals surface area contributed by atoms with Gasteiger partial charge in [0.05, 0.1) is 0 Å². The Balaban J connectivity index is 4.37. The molecule has 3 heteroatoms. The maximum Gasteiger partial charge on any atom is 0.00719 e. The zero-order valence-corrected chi connectivity index (χ0v) is 15.1. The fourth-order valence-corrected chi connectivity index (χ4v) is 3.12. The van der Waals surface area contributed by atoms with Crippen molar-refractivity contribution < 1.29 is 0 Å². The molecule has 0 amide bonds. The van der Waals surface area contributed by atoms with E-state index in [-0.39, 0.29) is 0 Å². The molecule has 116 valence electrons. The molecule has 0 aliphatic rings. The lowest BCUT2D eigenvalue weighted by Crippen LogP contribution is -2.45. The fourth-order valence-electron chi connectivity index (χ4n) is 2.54. The van der Waals surface area contributed by atoms with Crippen LogP contribution in [0.3, 0.4) is 0 Å². The number of hydrogen-bond acceptors (Lipinski definition) is 3. The van der Waals surface area contributed by atoms with E-state index in [1.165, 1.54) is 31.6 Å². The molecule has 0 spiro atoms. The molecular formula is C16H36N2S. The van der Waals surface area contributed by atoms with E-state index in [2.05, 4.69) is 58.1 Å². The molecule has 0 fully saturated rings. The summed E-state index contributed by atoms with van der Waals surface area (Å²) in [6, 6.07) is 1.26. The maximum atomic E-state index is 3.63. The lowest BCUT2D eigenvalue weighted by molar-refractivity contribution is 0.138. The van der Waals surface area contributed by atoms with Gasteiger partial charge in [-0.2, -0.15) is 11.8 Å². The van der Waals surface area contributed by atoms with Crippen molar-refractivity contribution in [3.05, 3.63) is 0 Å². The van der Waals surface area contributed by atoms with Crippen molar-refractivity contribution in [1.29, 1.82) is 0 Å². The highest BCUT2D eigenvalue weighted by molar-refractivity contribution is 7.98. The molecule has 0 aromatic carbocycles. The monoisotopic (exact) mass is 288 g/mol. The average molecular weight is 289 g/mol. The van der Waals surface area contributed by atoms with Crippen LogP contribution in [0.15, 0.2) is 0 Å². The highest BCUT2D eigenvalue weighted by Crippen LogP contribution is 2.25. The number of nitrogens with one attached hydrogen (secondary N) is 1. The van der Waals surface area contributed by atoms with E-state index < -0.39 is 0 Å². The normalized spacial score (nSPS) is 16.9. The van der Waals surface area contributed by atoms with Crippen LogP contribution in [-0.2, 0) is 0 Å². The second kappa shape index (κ2) is 10.1. The Labute approximate surface area is 126 Å². The summed E-state index contributed by atoms with van der Waals surface area (Å²) in [5.41, 5.74) is 0.390. The molecule has 0 aromatic heterocycles. The summed E-state index contributed by atoms with van der Waals surface area (Å²) in [6.45, 7) is 13.9. The summed E-state index contributed by atoms with van der Waals surface area (Å²) in [4.78, 5) is 2.55. The molecule has 0 aliphatic carbocycles. The first-order chi connectivity index (χ1) is 8.84. The van der Waals surface area contributed by atoms with Gasteiger partial charge < -0.3 is 10.2 Å². The average Bonchev–Trinajstić information content (AvgIpc) is 2.33. The Morgan fingerprint density at radius 1 is 1.26 bits per heavy atom. The van der Waals surface area contributed by atoms with E-state index in [1.807, 2.05) is 11.8 Å². The SMILES string of the molecule is CCCC(C)(CNC(C)C)CN(C)C(C)CCSC.